The smallest absolute Gasteiger partial charge is 0.329 e. The van der Waals surface area contributed by atoms with Crippen molar-refractivity contribution in [3.05, 3.63) is 12.2 Å². The molecule has 1 aromatic rings. The van der Waals surface area contributed by atoms with Crippen molar-refractivity contribution in [3.8, 4) is 0 Å². The number of aromatic amines is 1. The highest BCUT2D eigenvalue weighted by Gasteiger charge is 2.36. The first kappa shape index (κ1) is 13.9. The van der Waals surface area contributed by atoms with Gasteiger partial charge < -0.3 is 14.9 Å². The van der Waals surface area contributed by atoms with Gasteiger partial charge in [-0.3, -0.25) is 5.10 Å². The molecule has 2 N–H and O–H groups in total. The molecule has 2 amide bonds. The number of aliphatic carboxylic acids is 1. The molecule has 0 aliphatic rings. The number of likely N-dealkylation sites (N-methyl/N-ethyl adjacent to an activating group) is 1. The number of hydrogen-bond donors (Lipinski definition) is 2. The Balaban J connectivity index is 2.72. The molecular weight excluding hydrogens is 238 g/mol. The molecule has 0 spiro atoms. The van der Waals surface area contributed by atoms with Crippen LogP contribution in [-0.4, -0.2) is 61.7 Å². The Morgan fingerprint density at radius 2 is 2.06 bits per heavy atom. The van der Waals surface area contributed by atoms with E-state index in [1.165, 1.54) is 37.0 Å². The molecule has 8 heteroatoms. The molecule has 8 nitrogen and oxygen atoms in total. The number of urea groups is 1. The molecule has 0 atom stereocenters. The van der Waals surface area contributed by atoms with E-state index in [9.17, 15) is 9.59 Å². The third-order valence-corrected chi connectivity index (χ3v) is 2.83. The molecule has 0 unspecified atom stereocenters. The Bertz CT molecular complexity index is 429. The van der Waals surface area contributed by atoms with Gasteiger partial charge in [0.25, 0.3) is 0 Å². The molecule has 0 saturated heterocycles. The molecule has 0 saturated carbocycles. The van der Waals surface area contributed by atoms with Gasteiger partial charge in [-0.25, -0.2) is 14.6 Å². The van der Waals surface area contributed by atoms with E-state index in [0.717, 1.165) is 0 Å². The van der Waals surface area contributed by atoms with E-state index in [1.807, 2.05) is 0 Å². The van der Waals surface area contributed by atoms with Gasteiger partial charge in [0.15, 0.2) is 0 Å². The van der Waals surface area contributed by atoms with Gasteiger partial charge in [0, 0.05) is 14.1 Å². The number of carbonyl (C=O) groups excluding carboxylic acids is 1. The van der Waals surface area contributed by atoms with Crippen LogP contribution < -0.4 is 0 Å². The van der Waals surface area contributed by atoms with Crippen LogP contribution in [0.4, 0.5) is 4.79 Å². The number of rotatable bonds is 4. The zero-order valence-electron chi connectivity index (χ0n) is 10.8. The van der Waals surface area contributed by atoms with E-state index < -0.39 is 17.5 Å². The summed E-state index contributed by atoms with van der Waals surface area (Å²) in [6, 6.07) is -0.404. The third-order valence-electron chi connectivity index (χ3n) is 2.83. The summed E-state index contributed by atoms with van der Waals surface area (Å²) in [6.07, 6.45) is 1.35. The molecule has 100 valence electrons. The molecular formula is C10H17N5O3. The van der Waals surface area contributed by atoms with Gasteiger partial charge in [0.2, 0.25) is 0 Å². The second-order valence-corrected chi connectivity index (χ2v) is 4.49. The quantitative estimate of drug-likeness (QED) is 0.797. The number of carboxylic acid groups (broad SMARTS) is 1. The lowest BCUT2D eigenvalue weighted by Crippen LogP contribution is -2.54. The summed E-state index contributed by atoms with van der Waals surface area (Å²) in [5.74, 6) is -0.529. The monoisotopic (exact) mass is 255 g/mol. The Labute approximate surface area is 105 Å². The normalized spacial score (nSPS) is 11.1. The SMILES string of the molecule is CN(Cc1ncn[nH]1)C(=O)N(C)C(C)(C)C(=O)O. The maximum absolute atomic E-state index is 12.0. The number of nitrogens with zero attached hydrogens (tertiary/aromatic N) is 4. The van der Waals surface area contributed by atoms with Crippen molar-refractivity contribution in [1.29, 1.82) is 0 Å². The number of amides is 2. The molecule has 0 fully saturated rings. The molecule has 0 radical (unpaired) electrons. The van der Waals surface area contributed by atoms with E-state index in [1.54, 1.807) is 7.05 Å². The van der Waals surface area contributed by atoms with Crippen LogP contribution in [0.25, 0.3) is 0 Å². The Morgan fingerprint density at radius 3 is 2.50 bits per heavy atom. The maximum atomic E-state index is 12.0. The topological polar surface area (TPSA) is 102 Å². The van der Waals surface area contributed by atoms with E-state index in [-0.39, 0.29) is 6.54 Å². The summed E-state index contributed by atoms with van der Waals surface area (Å²) in [5.41, 5.74) is -1.27. The highest BCUT2D eigenvalue weighted by molar-refractivity contribution is 5.85. The van der Waals surface area contributed by atoms with Crippen molar-refractivity contribution in [2.75, 3.05) is 14.1 Å². The number of aromatic nitrogens is 3. The van der Waals surface area contributed by atoms with Crippen molar-refractivity contribution < 1.29 is 14.7 Å². The van der Waals surface area contributed by atoms with Crippen LogP contribution in [-0.2, 0) is 11.3 Å². The van der Waals surface area contributed by atoms with Gasteiger partial charge in [-0.1, -0.05) is 0 Å². The predicted octanol–water partition coefficient (Wildman–Crippen LogP) is 0.151. The van der Waals surface area contributed by atoms with E-state index in [4.69, 9.17) is 5.11 Å². The summed E-state index contributed by atoms with van der Waals surface area (Å²) < 4.78 is 0. The summed E-state index contributed by atoms with van der Waals surface area (Å²) in [6.45, 7) is 3.17. The van der Waals surface area contributed by atoms with Crippen LogP contribution in [0.5, 0.6) is 0 Å². The van der Waals surface area contributed by atoms with Crippen molar-refractivity contribution in [3.63, 3.8) is 0 Å². The summed E-state index contributed by atoms with van der Waals surface area (Å²) in [4.78, 5) is 29.6. The van der Waals surface area contributed by atoms with Gasteiger partial charge in [0.1, 0.15) is 17.7 Å². The molecule has 0 bridgehead atoms. The van der Waals surface area contributed by atoms with Crippen molar-refractivity contribution in [2.24, 2.45) is 0 Å². The van der Waals surface area contributed by atoms with Gasteiger partial charge in [-0.15, -0.1) is 0 Å². The lowest BCUT2D eigenvalue weighted by molar-refractivity contribution is -0.147. The lowest BCUT2D eigenvalue weighted by Gasteiger charge is -2.34. The fraction of sp³-hybridized carbons (Fsp3) is 0.600. The molecule has 1 aromatic heterocycles. The average molecular weight is 255 g/mol. The standard InChI is InChI=1S/C10H17N5O3/c1-10(2,8(16)17)15(4)9(18)14(3)5-7-11-6-12-13-7/h6H,5H2,1-4H3,(H,16,17)(H,11,12,13). The van der Waals surface area contributed by atoms with Crippen molar-refractivity contribution in [2.45, 2.75) is 25.9 Å². The first-order valence-corrected chi connectivity index (χ1v) is 5.33. The number of carbonyl (C=O) groups is 2. The molecule has 0 aliphatic carbocycles. The number of hydrogen-bond acceptors (Lipinski definition) is 4. The van der Waals surface area contributed by atoms with Crippen LogP contribution in [0.2, 0.25) is 0 Å². The minimum Gasteiger partial charge on any atom is -0.480 e. The zero-order valence-corrected chi connectivity index (χ0v) is 10.8. The summed E-state index contributed by atoms with van der Waals surface area (Å²) >= 11 is 0. The first-order valence-electron chi connectivity index (χ1n) is 5.33. The molecule has 1 rings (SSSR count). The minimum atomic E-state index is -1.27. The number of nitrogens with one attached hydrogen (secondary N) is 1. The lowest BCUT2D eigenvalue weighted by atomic mass is 10.0. The molecule has 0 aromatic carbocycles. The molecule has 1 heterocycles. The highest BCUT2D eigenvalue weighted by atomic mass is 16.4. The third kappa shape index (κ3) is 2.76. The van der Waals surface area contributed by atoms with Gasteiger partial charge in [-0.2, -0.15) is 5.10 Å². The van der Waals surface area contributed by atoms with Crippen LogP contribution in [0, 0.1) is 0 Å². The largest absolute Gasteiger partial charge is 0.480 e. The zero-order chi connectivity index (χ0) is 13.9. The Morgan fingerprint density at radius 1 is 1.44 bits per heavy atom. The first-order chi connectivity index (χ1) is 8.26. The average Bonchev–Trinajstić information content (AvgIpc) is 2.79. The van der Waals surface area contributed by atoms with Gasteiger partial charge in [-0.05, 0) is 13.8 Å². The molecule has 18 heavy (non-hydrogen) atoms. The van der Waals surface area contributed by atoms with Crippen LogP contribution in [0.3, 0.4) is 0 Å². The second kappa shape index (κ2) is 5.03. The van der Waals surface area contributed by atoms with Crippen LogP contribution in [0.15, 0.2) is 6.33 Å². The minimum absolute atomic E-state index is 0.235. The fourth-order valence-corrected chi connectivity index (χ4v) is 1.24. The fourth-order valence-electron chi connectivity index (χ4n) is 1.24. The molecule has 0 aliphatic heterocycles. The second-order valence-electron chi connectivity index (χ2n) is 4.49. The summed E-state index contributed by atoms with van der Waals surface area (Å²) in [7, 11) is 3.02. The predicted molar refractivity (Wildman–Crippen MR) is 62.7 cm³/mol. The highest BCUT2D eigenvalue weighted by Crippen LogP contribution is 2.14. The van der Waals surface area contributed by atoms with Gasteiger partial charge >= 0.3 is 12.0 Å². The Kier molecular flexibility index (Phi) is 3.89. The number of H-pyrrole nitrogens is 1. The summed E-state index contributed by atoms with van der Waals surface area (Å²) in [5, 5.41) is 15.4. The Hall–Kier alpha value is -2.12. The number of carboxylic acids is 1. The van der Waals surface area contributed by atoms with E-state index >= 15 is 0 Å². The van der Waals surface area contributed by atoms with Crippen LogP contribution in [0.1, 0.15) is 19.7 Å². The van der Waals surface area contributed by atoms with Crippen molar-refractivity contribution in [1.82, 2.24) is 25.0 Å². The van der Waals surface area contributed by atoms with E-state index in [0.29, 0.717) is 5.82 Å². The van der Waals surface area contributed by atoms with Gasteiger partial charge in [0.05, 0.1) is 6.54 Å². The van der Waals surface area contributed by atoms with Crippen molar-refractivity contribution >= 4 is 12.0 Å². The maximum Gasteiger partial charge on any atom is 0.329 e. The van der Waals surface area contributed by atoms with E-state index in [2.05, 4.69) is 15.2 Å². The van der Waals surface area contributed by atoms with Crippen LogP contribution >= 0.6 is 0 Å².